The minimum Gasteiger partial charge on any atom is -0.445 e. The molecular formula is C25H26N4O5S. The van der Waals surface area contributed by atoms with Gasteiger partial charge in [-0.1, -0.05) is 54.6 Å². The first-order valence-electron chi connectivity index (χ1n) is 11.2. The Morgan fingerprint density at radius 3 is 2.37 bits per heavy atom. The van der Waals surface area contributed by atoms with Crippen molar-refractivity contribution in [2.45, 2.75) is 32.0 Å². The van der Waals surface area contributed by atoms with Gasteiger partial charge in [-0.05, 0) is 42.7 Å². The molecule has 2 amide bonds. The van der Waals surface area contributed by atoms with E-state index in [2.05, 4.69) is 9.71 Å². The molecule has 1 saturated heterocycles. The van der Waals surface area contributed by atoms with Crippen molar-refractivity contribution in [3.05, 3.63) is 96.3 Å². The van der Waals surface area contributed by atoms with Gasteiger partial charge in [-0.2, -0.15) is 17.4 Å². The second kappa shape index (κ2) is 11.1. The standard InChI is InChI=1S/C25H26N4O5S/c30-24(23-15-9-17-28(23)25(31)34-19-20-10-3-1-4-11-20)29(22-13-5-2-6-14-22)35(32,33)27-18-21-12-7-8-16-26-21/h1-8,10-14,16,23,27H,9,15,17-19H2. The molecule has 0 bridgehead atoms. The Kier molecular flexibility index (Phi) is 7.74. The van der Waals surface area contributed by atoms with Gasteiger partial charge in [0.05, 0.1) is 17.9 Å². The Balaban J connectivity index is 1.53. The molecule has 1 N–H and O–H groups in total. The Labute approximate surface area is 204 Å². The van der Waals surface area contributed by atoms with Crippen LogP contribution in [0.2, 0.25) is 0 Å². The molecule has 2 aromatic carbocycles. The lowest BCUT2D eigenvalue weighted by molar-refractivity contribution is -0.121. The van der Waals surface area contributed by atoms with Crippen LogP contribution in [0, 0.1) is 0 Å². The zero-order valence-corrected chi connectivity index (χ0v) is 19.8. The van der Waals surface area contributed by atoms with E-state index in [1.165, 1.54) is 17.0 Å². The van der Waals surface area contributed by atoms with Gasteiger partial charge in [-0.3, -0.25) is 14.7 Å². The van der Waals surface area contributed by atoms with E-state index < -0.39 is 28.3 Å². The van der Waals surface area contributed by atoms with Crippen LogP contribution in [0.15, 0.2) is 85.1 Å². The van der Waals surface area contributed by atoms with Crippen molar-refractivity contribution in [2.24, 2.45) is 0 Å². The molecule has 9 nitrogen and oxygen atoms in total. The van der Waals surface area contributed by atoms with Crippen molar-refractivity contribution in [1.82, 2.24) is 14.6 Å². The molecule has 1 atom stereocenters. The van der Waals surface area contributed by atoms with Crippen LogP contribution in [0.4, 0.5) is 10.5 Å². The van der Waals surface area contributed by atoms with Crippen LogP contribution in [-0.4, -0.2) is 42.9 Å². The number of hydrogen-bond acceptors (Lipinski definition) is 6. The highest BCUT2D eigenvalue weighted by Gasteiger charge is 2.41. The van der Waals surface area contributed by atoms with Crippen molar-refractivity contribution in [2.75, 3.05) is 10.8 Å². The number of pyridine rings is 1. The van der Waals surface area contributed by atoms with Crippen LogP contribution in [0.3, 0.4) is 0 Å². The van der Waals surface area contributed by atoms with Crippen LogP contribution < -0.4 is 9.03 Å². The maximum atomic E-state index is 13.6. The van der Waals surface area contributed by atoms with Gasteiger partial charge in [-0.25, -0.2) is 4.79 Å². The van der Waals surface area contributed by atoms with Gasteiger partial charge in [-0.15, -0.1) is 0 Å². The quantitative estimate of drug-likeness (QED) is 0.515. The first-order chi connectivity index (χ1) is 17.0. The van der Waals surface area contributed by atoms with Crippen LogP contribution >= 0.6 is 0 Å². The SMILES string of the molecule is O=C(OCc1ccccc1)N1CCCC1C(=O)N(c1ccccc1)S(=O)(=O)NCc1ccccn1. The maximum absolute atomic E-state index is 13.6. The van der Waals surface area contributed by atoms with Crippen molar-refractivity contribution in [3.8, 4) is 0 Å². The molecule has 1 aliphatic heterocycles. The van der Waals surface area contributed by atoms with E-state index in [0.717, 1.165) is 9.87 Å². The molecule has 0 radical (unpaired) electrons. The smallest absolute Gasteiger partial charge is 0.410 e. The Bertz CT molecular complexity index is 1240. The van der Waals surface area contributed by atoms with Gasteiger partial charge in [0, 0.05) is 12.7 Å². The number of hydrogen-bond donors (Lipinski definition) is 1. The molecule has 1 aliphatic rings. The number of carbonyl (C=O) groups is 2. The largest absolute Gasteiger partial charge is 0.445 e. The Morgan fingerprint density at radius 2 is 1.69 bits per heavy atom. The van der Waals surface area contributed by atoms with Crippen LogP contribution in [-0.2, 0) is 32.9 Å². The molecule has 2 heterocycles. The maximum Gasteiger partial charge on any atom is 0.410 e. The summed E-state index contributed by atoms with van der Waals surface area (Å²) in [6, 6.07) is 21.5. The lowest BCUT2D eigenvalue weighted by Gasteiger charge is -2.29. The summed E-state index contributed by atoms with van der Waals surface area (Å²) in [5.74, 6) is -0.723. The zero-order valence-electron chi connectivity index (χ0n) is 19.0. The fourth-order valence-electron chi connectivity index (χ4n) is 3.86. The molecule has 35 heavy (non-hydrogen) atoms. The predicted octanol–water partition coefficient (Wildman–Crippen LogP) is 3.25. The second-order valence-corrected chi connectivity index (χ2v) is 9.58. The number of para-hydroxylation sites is 1. The number of nitrogens with zero attached hydrogens (tertiary/aromatic N) is 3. The highest BCUT2D eigenvalue weighted by Crippen LogP contribution is 2.26. The number of carbonyl (C=O) groups excluding carboxylic acids is 2. The molecular weight excluding hydrogens is 468 g/mol. The summed E-state index contributed by atoms with van der Waals surface area (Å²) in [7, 11) is -4.30. The Morgan fingerprint density at radius 1 is 1.00 bits per heavy atom. The molecule has 1 fully saturated rings. The van der Waals surface area contributed by atoms with Crippen molar-refractivity contribution < 1.29 is 22.7 Å². The van der Waals surface area contributed by atoms with E-state index in [0.29, 0.717) is 25.1 Å². The van der Waals surface area contributed by atoms with Crippen molar-refractivity contribution in [1.29, 1.82) is 0 Å². The minimum absolute atomic E-state index is 0.0589. The first-order valence-corrected chi connectivity index (χ1v) is 12.7. The highest BCUT2D eigenvalue weighted by atomic mass is 32.2. The molecule has 3 aromatic rings. The third-order valence-corrected chi connectivity index (χ3v) is 6.95. The molecule has 1 unspecified atom stereocenters. The summed E-state index contributed by atoms with van der Waals surface area (Å²) in [6.07, 6.45) is 1.79. The number of benzene rings is 2. The van der Waals surface area contributed by atoms with E-state index in [1.807, 2.05) is 30.3 Å². The van der Waals surface area contributed by atoms with Crippen LogP contribution in [0.25, 0.3) is 0 Å². The van der Waals surface area contributed by atoms with E-state index in [-0.39, 0.29) is 18.8 Å². The lowest BCUT2D eigenvalue weighted by atomic mass is 10.2. The topological polar surface area (TPSA) is 109 Å². The van der Waals surface area contributed by atoms with Gasteiger partial charge in [0.15, 0.2) is 0 Å². The molecule has 0 aliphatic carbocycles. The van der Waals surface area contributed by atoms with Crippen molar-refractivity contribution >= 4 is 27.9 Å². The summed E-state index contributed by atoms with van der Waals surface area (Å²) in [4.78, 5) is 31.9. The summed E-state index contributed by atoms with van der Waals surface area (Å²) < 4.78 is 35.2. The van der Waals surface area contributed by atoms with Gasteiger partial charge in [0.1, 0.15) is 12.6 Å². The lowest BCUT2D eigenvalue weighted by Crippen LogP contribution is -2.53. The monoisotopic (exact) mass is 494 g/mol. The van der Waals surface area contributed by atoms with Crippen LogP contribution in [0.5, 0.6) is 0 Å². The Hall–Kier alpha value is -3.76. The summed E-state index contributed by atoms with van der Waals surface area (Å²) >= 11 is 0. The third-order valence-electron chi connectivity index (χ3n) is 5.57. The van der Waals surface area contributed by atoms with Gasteiger partial charge >= 0.3 is 16.3 Å². The molecule has 1 aromatic heterocycles. The summed E-state index contributed by atoms with van der Waals surface area (Å²) in [6.45, 7) is 0.269. The second-order valence-electron chi connectivity index (χ2n) is 7.98. The molecule has 182 valence electrons. The first kappa shape index (κ1) is 24.4. The van der Waals surface area contributed by atoms with E-state index >= 15 is 0 Å². The van der Waals surface area contributed by atoms with Crippen molar-refractivity contribution in [3.63, 3.8) is 0 Å². The number of amides is 2. The average molecular weight is 495 g/mol. The number of ether oxygens (including phenoxy) is 1. The van der Waals surface area contributed by atoms with Gasteiger partial charge < -0.3 is 4.74 Å². The summed E-state index contributed by atoms with van der Waals surface area (Å²) in [5, 5.41) is 0. The van der Waals surface area contributed by atoms with Gasteiger partial charge in [0.2, 0.25) is 0 Å². The van der Waals surface area contributed by atoms with Crippen LogP contribution in [0.1, 0.15) is 24.1 Å². The fraction of sp³-hybridized carbons (Fsp3) is 0.240. The summed E-state index contributed by atoms with van der Waals surface area (Å²) in [5.41, 5.74) is 1.49. The number of rotatable bonds is 8. The minimum atomic E-state index is -4.30. The molecule has 10 heteroatoms. The number of aromatic nitrogens is 1. The highest BCUT2D eigenvalue weighted by molar-refractivity contribution is 7.91. The number of likely N-dealkylation sites (tertiary alicyclic amines) is 1. The molecule has 4 rings (SSSR count). The molecule has 0 spiro atoms. The number of nitrogens with one attached hydrogen (secondary N) is 1. The van der Waals surface area contributed by atoms with E-state index in [9.17, 15) is 18.0 Å². The average Bonchev–Trinajstić information content (AvgIpc) is 3.38. The van der Waals surface area contributed by atoms with E-state index in [4.69, 9.17) is 4.74 Å². The predicted molar refractivity (Wildman–Crippen MR) is 130 cm³/mol. The fourth-order valence-corrected chi connectivity index (χ4v) is 5.08. The normalized spacial score (nSPS) is 15.5. The van der Waals surface area contributed by atoms with Gasteiger partial charge in [0.25, 0.3) is 5.91 Å². The van der Waals surface area contributed by atoms with E-state index in [1.54, 1.807) is 42.6 Å². The number of anilines is 1. The zero-order chi connectivity index (χ0) is 24.7. The molecule has 0 saturated carbocycles. The third kappa shape index (κ3) is 6.03.